The lowest BCUT2D eigenvalue weighted by Crippen LogP contribution is -2.20. The molecule has 2 N–H and O–H groups in total. The number of nitrogens with one attached hydrogen (secondary N) is 1. The molecule has 0 aromatic heterocycles. The van der Waals surface area contributed by atoms with Gasteiger partial charge in [0.15, 0.2) is 0 Å². The molecule has 0 fully saturated rings. The fraction of sp³-hybridized carbons (Fsp3) is 0.300. The monoisotopic (exact) mass is 295 g/mol. The number of carboxylic acid groups (broad SMARTS) is 1. The fourth-order valence-corrected chi connectivity index (χ4v) is 2.18. The Balaban J connectivity index is 3.08. The van der Waals surface area contributed by atoms with Crippen molar-refractivity contribution in [1.29, 1.82) is 0 Å². The maximum absolute atomic E-state index is 13.4. The Morgan fingerprint density at radius 3 is 2.53 bits per heavy atom. The zero-order valence-electron chi connectivity index (χ0n) is 9.81. The van der Waals surface area contributed by atoms with Gasteiger partial charge >= 0.3 is 5.97 Å². The van der Waals surface area contributed by atoms with E-state index in [1.54, 1.807) is 0 Å². The summed E-state index contributed by atoms with van der Waals surface area (Å²) >= 11 is 0. The minimum Gasteiger partial charge on any atom is -0.478 e. The quantitative estimate of drug-likeness (QED) is 0.818. The predicted octanol–water partition coefficient (Wildman–Crippen LogP) is 1.05. The van der Waals surface area contributed by atoms with Gasteiger partial charge < -0.3 is 9.84 Å². The van der Waals surface area contributed by atoms with Gasteiger partial charge in [0.25, 0.3) is 0 Å². The van der Waals surface area contributed by atoms with Crippen LogP contribution >= 0.6 is 0 Å². The Morgan fingerprint density at radius 1 is 1.37 bits per heavy atom. The number of hydrogen-bond donors (Lipinski definition) is 2. The first-order valence-corrected chi connectivity index (χ1v) is 6.64. The molecule has 0 spiro atoms. The number of methoxy groups -OCH3 is 1. The van der Waals surface area contributed by atoms with Crippen molar-refractivity contribution in [2.75, 3.05) is 24.2 Å². The molecule has 0 saturated heterocycles. The normalized spacial score (nSPS) is 11.3. The topological polar surface area (TPSA) is 92.7 Å². The lowest BCUT2D eigenvalue weighted by atomic mass is 10.2. The van der Waals surface area contributed by atoms with Crippen LogP contribution in [0.3, 0.4) is 0 Å². The van der Waals surface area contributed by atoms with Crippen LogP contribution in [-0.4, -0.2) is 39.0 Å². The standard InChI is InChI=1S/C10H11F2NO5S/c1-18-2-3-19(16,17)13-9-4-6(10(14)15)7(11)5-8(9)12/h4-5,13H,2-3H2,1H3,(H,14,15). The van der Waals surface area contributed by atoms with E-state index in [0.717, 1.165) is 0 Å². The first kappa shape index (κ1) is 15.3. The second-order valence-electron chi connectivity index (χ2n) is 3.53. The van der Waals surface area contributed by atoms with Gasteiger partial charge in [-0.15, -0.1) is 0 Å². The third-order valence-electron chi connectivity index (χ3n) is 2.11. The van der Waals surface area contributed by atoms with Crippen molar-refractivity contribution in [2.45, 2.75) is 0 Å². The average Bonchev–Trinajstić information content (AvgIpc) is 2.29. The Bertz CT molecular complexity index is 588. The van der Waals surface area contributed by atoms with Crippen LogP contribution in [-0.2, 0) is 14.8 Å². The van der Waals surface area contributed by atoms with Crippen molar-refractivity contribution in [3.63, 3.8) is 0 Å². The third kappa shape index (κ3) is 4.14. The summed E-state index contributed by atoms with van der Waals surface area (Å²) in [6, 6.07) is 0.884. The predicted molar refractivity (Wildman–Crippen MR) is 62.6 cm³/mol. The van der Waals surface area contributed by atoms with Crippen LogP contribution in [0.2, 0.25) is 0 Å². The molecule has 0 saturated carbocycles. The molecule has 0 heterocycles. The van der Waals surface area contributed by atoms with E-state index < -0.39 is 44.6 Å². The molecule has 6 nitrogen and oxygen atoms in total. The van der Waals surface area contributed by atoms with Crippen LogP contribution in [0, 0.1) is 11.6 Å². The van der Waals surface area contributed by atoms with Gasteiger partial charge in [-0.2, -0.15) is 0 Å². The Hall–Kier alpha value is -1.74. The molecule has 106 valence electrons. The maximum atomic E-state index is 13.4. The van der Waals surface area contributed by atoms with E-state index >= 15 is 0 Å². The van der Waals surface area contributed by atoms with E-state index in [2.05, 4.69) is 4.74 Å². The number of aromatic carboxylic acids is 1. The minimum atomic E-state index is -3.90. The molecule has 1 rings (SSSR count). The molecule has 0 amide bonds. The van der Waals surface area contributed by atoms with Gasteiger partial charge in [0.1, 0.15) is 11.6 Å². The molecule has 1 aromatic carbocycles. The van der Waals surface area contributed by atoms with Crippen molar-refractivity contribution in [3.8, 4) is 0 Å². The lowest BCUT2D eigenvalue weighted by molar-refractivity contribution is 0.0692. The van der Waals surface area contributed by atoms with E-state index in [9.17, 15) is 22.0 Å². The molecule has 0 unspecified atom stereocenters. The second kappa shape index (κ2) is 5.93. The van der Waals surface area contributed by atoms with Crippen LogP contribution in [0.5, 0.6) is 0 Å². The van der Waals surface area contributed by atoms with Crippen molar-refractivity contribution in [1.82, 2.24) is 0 Å². The van der Waals surface area contributed by atoms with Gasteiger partial charge in [0, 0.05) is 13.2 Å². The van der Waals surface area contributed by atoms with Gasteiger partial charge in [-0.25, -0.2) is 22.0 Å². The second-order valence-corrected chi connectivity index (χ2v) is 5.37. The molecular formula is C10H11F2NO5S. The zero-order valence-corrected chi connectivity index (χ0v) is 10.6. The van der Waals surface area contributed by atoms with Crippen LogP contribution in [0.1, 0.15) is 10.4 Å². The number of halogens is 2. The highest BCUT2D eigenvalue weighted by Gasteiger charge is 2.18. The molecule has 1 aromatic rings. The number of carbonyl (C=O) groups is 1. The minimum absolute atomic E-state index is 0.121. The molecule has 0 aliphatic carbocycles. The number of benzene rings is 1. The van der Waals surface area contributed by atoms with E-state index in [1.807, 2.05) is 4.72 Å². The number of rotatable bonds is 6. The van der Waals surface area contributed by atoms with Crippen LogP contribution in [0.4, 0.5) is 14.5 Å². The molecule has 0 radical (unpaired) electrons. The van der Waals surface area contributed by atoms with Gasteiger partial charge in [0.2, 0.25) is 10.0 Å². The molecule has 0 aliphatic heterocycles. The molecule has 19 heavy (non-hydrogen) atoms. The van der Waals surface area contributed by atoms with Gasteiger partial charge in [0.05, 0.1) is 23.6 Å². The highest BCUT2D eigenvalue weighted by atomic mass is 32.2. The molecular weight excluding hydrogens is 284 g/mol. The van der Waals surface area contributed by atoms with Crippen LogP contribution in [0.25, 0.3) is 0 Å². The number of anilines is 1. The third-order valence-corrected chi connectivity index (χ3v) is 3.34. The van der Waals surface area contributed by atoms with E-state index in [0.29, 0.717) is 12.1 Å². The lowest BCUT2D eigenvalue weighted by Gasteiger charge is -2.09. The summed E-state index contributed by atoms with van der Waals surface area (Å²) < 4.78 is 55.8. The maximum Gasteiger partial charge on any atom is 0.338 e. The summed E-state index contributed by atoms with van der Waals surface area (Å²) in [6.07, 6.45) is 0. The van der Waals surface area contributed by atoms with E-state index in [-0.39, 0.29) is 6.61 Å². The molecule has 0 aliphatic rings. The molecule has 9 heteroatoms. The SMILES string of the molecule is COCCS(=O)(=O)Nc1cc(C(=O)O)c(F)cc1F. The highest BCUT2D eigenvalue weighted by molar-refractivity contribution is 7.92. The van der Waals surface area contributed by atoms with Gasteiger partial charge in [-0.3, -0.25) is 4.72 Å². The summed E-state index contributed by atoms with van der Waals surface area (Å²) in [4.78, 5) is 10.7. The summed E-state index contributed by atoms with van der Waals surface area (Å²) in [5, 5.41) is 8.66. The average molecular weight is 295 g/mol. The smallest absolute Gasteiger partial charge is 0.338 e. The Labute approximate surface area is 108 Å². The first-order chi connectivity index (χ1) is 8.76. The fourth-order valence-electron chi connectivity index (χ4n) is 1.20. The van der Waals surface area contributed by atoms with Crippen molar-refractivity contribution in [2.24, 2.45) is 0 Å². The van der Waals surface area contributed by atoms with Gasteiger partial charge in [-0.05, 0) is 6.07 Å². The largest absolute Gasteiger partial charge is 0.478 e. The highest BCUT2D eigenvalue weighted by Crippen LogP contribution is 2.20. The van der Waals surface area contributed by atoms with Gasteiger partial charge in [-0.1, -0.05) is 0 Å². The van der Waals surface area contributed by atoms with Crippen LogP contribution in [0.15, 0.2) is 12.1 Å². The van der Waals surface area contributed by atoms with E-state index in [1.165, 1.54) is 7.11 Å². The Morgan fingerprint density at radius 2 is 2.00 bits per heavy atom. The van der Waals surface area contributed by atoms with Crippen molar-refractivity contribution in [3.05, 3.63) is 29.3 Å². The Kier molecular flexibility index (Phi) is 4.78. The number of hydrogen-bond acceptors (Lipinski definition) is 4. The van der Waals surface area contributed by atoms with Crippen molar-refractivity contribution < 1.29 is 31.8 Å². The summed E-state index contributed by atoms with van der Waals surface area (Å²) in [6.45, 7) is -0.121. The zero-order chi connectivity index (χ0) is 14.6. The molecule has 0 bridgehead atoms. The molecule has 0 atom stereocenters. The first-order valence-electron chi connectivity index (χ1n) is 4.98. The number of ether oxygens (including phenoxy) is 1. The summed E-state index contributed by atoms with van der Waals surface area (Å²) in [5.74, 6) is -4.56. The number of carboxylic acids is 1. The summed E-state index contributed by atoms with van der Waals surface area (Å²) in [5.41, 5.74) is -1.46. The van der Waals surface area contributed by atoms with Crippen molar-refractivity contribution >= 4 is 21.7 Å². The van der Waals surface area contributed by atoms with Crippen LogP contribution < -0.4 is 4.72 Å². The summed E-state index contributed by atoms with van der Waals surface area (Å²) in [7, 11) is -2.62. The van der Waals surface area contributed by atoms with E-state index in [4.69, 9.17) is 5.11 Å². The number of sulfonamides is 1.